The summed E-state index contributed by atoms with van der Waals surface area (Å²) in [7, 11) is 3.62. The number of aryl methyl sites for hydroxylation is 2. The van der Waals surface area contributed by atoms with Crippen LogP contribution in [-0.2, 0) is 12.8 Å². The van der Waals surface area contributed by atoms with Crippen molar-refractivity contribution in [1.82, 2.24) is 9.78 Å². The highest BCUT2D eigenvalue weighted by molar-refractivity contribution is 7.98. The Morgan fingerprint density at radius 2 is 2.19 bits per heavy atom. The molecule has 21 heavy (non-hydrogen) atoms. The molecule has 0 fully saturated rings. The Kier molecular flexibility index (Phi) is 5.32. The number of hydrogen-bond donors (Lipinski definition) is 1. The van der Waals surface area contributed by atoms with Gasteiger partial charge in [-0.05, 0) is 36.8 Å². The molecule has 0 unspecified atom stereocenters. The van der Waals surface area contributed by atoms with Gasteiger partial charge in [0.15, 0.2) is 0 Å². The van der Waals surface area contributed by atoms with E-state index in [0.717, 1.165) is 33.3 Å². The quantitative estimate of drug-likeness (QED) is 0.695. The van der Waals surface area contributed by atoms with Crippen LogP contribution >= 0.6 is 11.8 Å². The standard InChI is InChI=1S/C16H19N3OS/c1-12-9-16(19(2)18-12)21-11-14-10-15(20-3)7-6-13(14)5-4-8-17/h6-7,9-10H,8,11,17H2,1-3H3. The van der Waals surface area contributed by atoms with Gasteiger partial charge < -0.3 is 10.5 Å². The van der Waals surface area contributed by atoms with Gasteiger partial charge in [0.05, 0.1) is 24.4 Å². The molecule has 4 nitrogen and oxygen atoms in total. The second kappa shape index (κ2) is 7.21. The van der Waals surface area contributed by atoms with Crippen LogP contribution in [0.15, 0.2) is 29.3 Å². The van der Waals surface area contributed by atoms with Crippen LogP contribution in [0.3, 0.4) is 0 Å². The molecular formula is C16H19N3OS. The van der Waals surface area contributed by atoms with E-state index in [4.69, 9.17) is 10.5 Å². The van der Waals surface area contributed by atoms with Crippen molar-refractivity contribution in [1.29, 1.82) is 0 Å². The predicted molar refractivity (Wildman–Crippen MR) is 86.4 cm³/mol. The van der Waals surface area contributed by atoms with Crippen LogP contribution < -0.4 is 10.5 Å². The molecule has 0 bridgehead atoms. The van der Waals surface area contributed by atoms with E-state index in [-0.39, 0.29) is 0 Å². The van der Waals surface area contributed by atoms with Crippen molar-refractivity contribution in [2.45, 2.75) is 17.7 Å². The van der Waals surface area contributed by atoms with E-state index in [1.165, 1.54) is 0 Å². The third-order valence-electron chi connectivity index (χ3n) is 2.97. The van der Waals surface area contributed by atoms with Crippen molar-refractivity contribution in [2.75, 3.05) is 13.7 Å². The normalized spacial score (nSPS) is 10.1. The zero-order valence-corrected chi connectivity index (χ0v) is 13.3. The molecule has 0 spiro atoms. The molecule has 1 heterocycles. The Labute approximate surface area is 129 Å². The summed E-state index contributed by atoms with van der Waals surface area (Å²) in [5.74, 6) is 7.67. The van der Waals surface area contributed by atoms with E-state index < -0.39 is 0 Å². The molecule has 2 rings (SSSR count). The molecule has 0 radical (unpaired) electrons. The number of ether oxygens (including phenoxy) is 1. The van der Waals surface area contributed by atoms with Crippen LogP contribution in [0, 0.1) is 18.8 Å². The fourth-order valence-corrected chi connectivity index (χ4v) is 2.98. The topological polar surface area (TPSA) is 53.1 Å². The predicted octanol–water partition coefficient (Wildman–Crippen LogP) is 2.34. The maximum absolute atomic E-state index is 5.46. The summed E-state index contributed by atoms with van der Waals surface area (Å²) in [6.45, 7) is 2.35. The first kappa shape index (κ1) is 15.5. The van der Waals surface area contributed by atoms with Gasteiger partial charge in [-0.3, -0.25) is 4.68 Å². The highest BCUT2D eigenvalue weighted by Gasteiger charge is 2.07. The van der Waals surface area contributed by atoms with Crippen LogP contribution in [0.2, 0.25) is 0 Å². The SMILES string of the molecule is COc1ccc(C#CCN)c(CSc2cc(C)nn2C)c1. The summed E-state index contributed by atoms with van der Waals surface area (Å²) in [5, 5.41) is 5.49. The first-order valence-electron chi connectivity index (χ1n) is 6.63. The van der Waals surface area contributed by atoms with Gasteiger partial charge in [-0.2, -0.15) is 5.10 Å². The van der Waals surface area contributed by atoms with E-state index in [1.54, 1.807) is 18.9 Å². The minimum Gasteiger partial charge on any atom is -0.497 e. The van der Waals surface area contributed by atoms with Crippen LogP contribution in [0.4, 0.5) is 0 Å². The number of hydrogen-bond acceptors (Lipinski definition) is 4. The molecule has 5 heteroatoms. The van der Waals surface area contributed by atoms with E-state index >= 15 is 0 Å². The van der Waals surface area contributed by atoms with Crippen molar-refractivity contribution in [2.24, 2.45) is 12.8 Å². The highest BCUT2D eigenvalue weighted by Crippen LogP contribution is 2.27. The molecule has 1 aromatic heterocycles. The van der Waals surface area contributed by atoms with Gasteiger partial charge >= 0.3 is 0 Å². The summed E-state index contributed by atoms with van der Waals surface area (Å²) in [5.41, 5.74) is 8.61. The first-order valence-corrected chi connectivity index (χ1v) is 7.62. The monoisotopic (exact) mass is 301 g/mol. The van der Waals surface area contributed by atoms with Crippen molar-refractivity contribution in [3.05, 3.63) is 41.1 Å². The fraction of sp³-hybridized carbons (Fsp3) is 0.312. The largest absolute Gasteiger partial charge is 0.497 e. The lowest BCUT2D eigenvalue weighted by atomic mass is 10.1. The smallest absolute Gasteiger partial charge is 0.119 e. The first-order chi connectivity index (χ1) is 10.1. The molecule has 0 aliphatic rings. The van der Waals surface area contributed by atoms with Crippen molar-refractivity contribution in [3.63, 3.8) is 0 Å². The molecule has 1 aromatic carbocycles. The summed E-state index contributed by atoms with van der Waals surface area (Å²) in [6, 6.07) is 8.00. The third-order valence-corrected chi connectivity index (χ3v) is 4.11. The van der Waals surface area contributed by atoms with Gasteiger partial charge in [-0.1, -0.05) is 11.8 Å². The third kappa shape index (κ3) is 4.03. The Morgan fingerprint density at radius 1 is 1.38 bits per heavy atom. The average Bonchev–Trinajstić information content (AvgIpc) is 2.81. The summed E-state index contributed by atoms with van der Waals surface area (Å²) in [4.78, 5) is 0. The number of nitrogens with zero attached hydrogens (tertiary/aromatic N) is 2. The molecule has 0 aliphatic heterocycles. The second-order valence-electron chi connectivity index (χ2n) is 4.57. The molecule has 2 N–H and O–H groups in total. The van der Waals surface area contributed by atoms with E-state index in [0.29, 0.717) is 6.54 Å². The Balaban J connectivity index is 2.22. The lowest BCUT2D eigenvalue weighted by Gasteiger charge is -2.08. The van der Waals surface area contributed by atoms with Crippen LogP contribution in [-0.4, -0.2) is 23.4 Å². The lowest BCUT2D eigenvalue weighted by Crippen LogP contribution is -1.96. The molecule has 0 amide bonds. The van der Waals surface area contributed by atoms with Gasteiger partial charge in [0.2, 0.25) is 0 Å². The van der Waals surface area contributed by atoms with Gasteiger partial charge in [0.1, 0.15) is 5.75 Å². The van der Waals surface area contributed by atoms with Crippen molar-refractivity contribution < 1.29 is 4.74 Å². The average molecular weight is 301 g/mol. The molecule has 0 saturated heterocycles. The molecular weight excluding hydrogens is 282 g/mol. The Morgan fingerprint density at radius 3 is 2.81 bits per heavy atom. The number of rotatable bonds is 4. The van der Waals surface area contributed by atoms with Crippen LogP contribution in [0.25, 0.3) is 0 Å². The molecule has 0 aliphatic carbocycles. The summed E-state index contributed by atoms with van der Waals surface area (Å²) >= 11 is 1.73. The van der Waals surface area contributed by atoms with E-state index in [2.05, 4.69) is 23.0 Å². The van der Waals surface area contributed by atoms with E-state index in [1.807, 2.05) is 36.9 Å². The van der Waals surface area contributed by atoms with Gasteiger partial charge in [-0.25, -0.2) is 0 Å². The Hall–Kier alpha value is -1.90. The summed E-state index contributed by atoms with van der Waals surface area (Å²) in [6.07, 6.45) is 0. The van der Waals surface area contributed by atoms with Crippen LogP contribution in [0.5, 0.6) is 5.75 Å². The molecule has 0 saturated carbocycles. The second-order valence-corrected chi connectivity index (χ2v) is 5.56. The fourth-order valence-electron chi connectivity index (χ4n) is 1.96. The zero-order valence-electron chi connectivity index (χ0n) is 12.5. The molecule has 0 atom stereocenters. The number of thioether (sulfide) groups is 1. The minimum atomic E-state index is 0.361. The number of aromatic nitrogens is 2. The number of nitrogens with two attached hydrogens (primary N) is 1. The maximum atomic E-state index is 5.46. The zero-order chi connectivity index (χ0) is 15.2. The van der Waals surface area contributed by atoms with Crippen molar-refractivity contribution >= 4 is 11.8 Å². The summed E-state index contributed by atoms with van der Waals surface area (Å²) < 4.78 is 7.19. The highest BCUT2D eigenvalue weighted by atomic mass is 32.2. The number of methoxy groups -OCH3 is 1. The molecule has 110 valence electrons. The minimum absolute atomic E-state index is 0.361. The van der Waals surface area contributed by atoms with Gasteiger partial charge in [-0.15, -0.1) is 11.8 Å². The molecule has 2 aromatic rings. The Bertz CT molecular complexity index is 683. The van der Waals surface area contributed by atoms with E-state index in [9.17, 15) is 0 Å². The van der Waals surface area contributed by atoms with Gasteiger partial charge in [0, 0.05) is 18.4 Å². The van der Waals surface area contributed by atoms with Crippen molar-refractivity contribution in [3.8, 4) is 17.6 Å². The maximum Gasteiger partial charge on any atom is 0.119 e. The van der Waals surface area contributed by atoms with Crippen LogP contribution in [0.1, 0.15) is 16.8 Å². The van der Waals surface area contributed by atoms with Gasteiger partial charge in [0.25, 0.3) is 0 Å². The number of benzene rings is 1. The lowest BCUT2D eigenvalue weighted by molar-refractivity contribution is 0.414.